The van der Waals surface area contributed by atoms with E-state index in [2.05, 4.69) is 6.58 Å². The molecule has 0 aliphatic rings. The summed E-state index contributed by atoms with van der Waals surface area (Å²) in [4.78, 5) is 11.4. The minimum Gasteiger partial charge on any atom is -0.453 e. The van der Waals surface area contributed by atoms with Crippen LogP contribution in [-0.4, -0.2) is 5.97 Å². The smallest absolute Gasteiger partial charge is 0.308 e. The topological polar surface area (TPSA) is 35.5 Å². The maximum absolute atomic E-state index is 11.4. The highest BCUT2D eigenvalue weighted by Crippen LogP contribution is 2.37. The van der Waals surface area contributed by atoms with E-state index in [1.807, 2.05) is 54.6 Å². The summed E-state index contributed by atoms with van der Waals surface area (Å²) in [7, 11) is 0. The molecule has 0 bridgehead atoms. The molecule has 3 aromatic rings. The molecule has 3 heteroatoms. The molecule has 0 aromatic heterocycles. The van der Waals surface area contributed by atoms with Crippen LogP contribution >= 0.6 is 0 Å². The Morgan fingerprint density at radius 1 is 0.957 bits per heavy atom. The summed E-state index contributed by atoms with van der Waals surface area (Å²) in [5.41, 5.74) is 0.706. The zero-order valence-corrected chi connectivity index (χ0v) is 12.8. The first-order valence-electron chi connectivity index (χ1n) is 7.28. The van der Waals surface area contributed by atoms with Crippen LogP contribution in [0.15, 0.2) is 67.2 Å². The third-order valence-corrected chi connectivity index (χ3v) is 3.44. The number of hydrogen-bond donors (Lipinski definition) is 0. The van der Waals surface area contributed by atoms with Gasteiger partial charge in [0.1, 0.15) is 5.75 Å². The Hall–Kier alpha value is -3.07. The van der Waals surface area contributed by atoms with Gasteiger partial charge in [0.05, 0.1) is 0 Å². The van der Waals surface area contributed by atoms with Crippen molar-refractivity contribution in [1.29, 1.82) is 0 Å². The highest BCUT2D eigenvalue weighted by atomic mass is 16.6. The Morgan fingerprint density at radius 3 is 2.43 bits per heavy atom. The molecule has 3 nitrogen and oxygen atoms in total. The Bertz CT molecular complexity index is 876. The van der Waals surface area contributed by atoms with E-state index in [1.54, 1.807) is 12.1 Å². The number of fused-ring (bicyclic) bond motifs is 1. The zero-order valence-electron chi connectivity index (χ0n) is 12.8. The van der Waals surface area contributed by atoms with Gasteiger partial charge < -0.3 is 9.47 Å². The quantitative estimate of drug-likeness (QED) is 0.491. The number of hydrogen-bond acceptors (Lipinski definition) is 3. The Balaban J connectivity index is 2.08. The van der Waals surface area contributed by atoms with E-state index in [1.165, 1.54) is 6.92 Å². The molecule has 0 saturated carbocycles. The second kappa shape index (κ2) is 6.36. The van der Waals surface area contributed by atoms with E-state index in [-0.39, 0.29) is 0 Å². The van der Waals surface area contributed by atoms with Crippen LogP contribution in [0.1, 0.15) is 12.5 Å². The lowest BCUT2D eigenvalue weighted by atomic mass is 10.1. The van der Waals surface area contributed by atoms with E-state index in [9.17, 15) is 4.79 Å². The van der Waals surface area contributed by atoms with Crippen molar-refractivity contribution in [3.05, 3.63) is 72.8 Å². The molecule has 0 amide bonds. The lowest BCUT2D eigenvalue weighted by Gasteiger charge is -2.14. The molecule has 23 heavy (non-hydrogen) atoms. The minimum absolute atomic E-state index is 0.378. The summed E-state index contributed by atoms with van der Waals surface area (Å²) in [5.74, 6) is 1.16. The highest BCUT2D eigenvalue weighted by molar-refractivity contribution is 5.88. The largest absolute Gasteiger partial charge is 0.453 e. The minimum atomic E-state index is -0.401. The third-order valence-electron chi connectivity index (χ3n) is 3.44. The molecule has 0 radical (unpaired) electrons. The number of benzene rings is 3. The second-order valence-electron chi connectivity index (χ2n) is 5.05. The molecule has 0 heterocycles. The standard InChI is InChI=1S/C20H16O3/c1-3-15-9-6-13-19(20(15)22-14(2)21)23-18-12-7-10-16-8-4-5-11-17(16)18/h3-13H,1H2,2H3. The summed E-state index contributed by atoms with van der Waals surface area (Å²) >= 11 is 0. The third kappa shape index (κ3) is 3.09. The van der Waals surface area contributed by atoms with Gasteiger partial charge in [0.15, 0.2) is 11.5 Å². The van der Waals surface area contributed by atoms with Gasteiger partial charge in [-0.05, 0) is 17.5 Å². The molecule has 0 N–H and O–H groups in total. The Morgan fingerprint density at radius 2 is 1.65 bits per heavy atom. The normalized spacial score (nSPS) is 10.3. The zero-order chi connectivity index (χ0) is 16.2. The van der Waals surface area contributed by atoms with Crippen molar-refractivity contribution >= 4 is 22.8 Å². The molecule has 0 atom stereocenters. The lowest BCUT2D eigenvalue weighted by molar-refractivity contribution is -0.132. The monoisotopic (exact) mass is 304 g/mol. The van der Waals surface area contributed by atoms with Crippen LogP contribution in [0.2, 0.25) is 0 Å². The molecular formula is C20H16O3. The van der Waals surface area contributed by atoms with Crippen LogP contribution in [0.4, 0.5) is 0 Å². The maximum atomic E-state index is 11.4. The predicted molar refractivity (Wildman–Crippen MR) is 91.9 cm³/mol. The van der Waals surface area contributed by atoms with Gasteiger partial charge in [0.25, 0.3) is 0 Å². The van der Waals surface area contributed by atoms with Gasteiger partial charge >= 0.3 is 5.97 Å². The lowest BCUT2D eigenvalue weighted by Crippen LogP contribution is -2.04. The van der Waals surface area contributed by atoms with Gasteiger partial charge in [-0.3, -0.25) is 4.79 Å². The summed E-state index contributed by atoms with van der Waals surface area (Å²) in [6, 6.07) is 19.2. The maximum Gasteiger partial charge on any atom is 0.308 e. The van der Waals surface area contributed by atoms with E-state index >= 15 is 0 Å². The first-order chi connectivity index (χ1) is 11.2. The molecule has 3 aromatic carbocycles. The van der Waals surface area contributed by atoms with Crippen molar-refractivity contribution in [2.24, 2.45) is 0 Å². The molecule has 0 fully saturated rings. The van der Waals surface area contributed by atoms with E-state index in [0.29, 0.717) is 22.8 Å². The van der Waals surface area contributed by atoms with Crippen LogP contribution in [0, 0.1) is 0 Å². The predicted octanol–water partition coefficient (Wildman–Crippen LogP) is 5.20. The fraction of sp³-hybridized carbons (Fsp3) is 0.0500. The highest BCUT2D eigenvalue weighted by Gasteiger charge is 2.13. The summed E-state index contributed by atoms with van der Waals surface area (Å²) < 4.78 is 11.4. The van der Waals surface area contributed by atoms with Gasteiger partial charge in [-0.25, -0.2) is 0 Å². The van der Waals surface area contributed by atoms with Gasteiger partial charge in [0, 0.05) is 17.9 Å². The SMILES string of the molecule is C=Cc1cccc(Oc2cccc3ccccc23)c1OC(C)=O. The molecule has 3 rings (SSSR count). The van der Waals surface area contributed by atoms with Gasteiger partial charge in [-0.1, -0.05) is 61.2 Å². The molecule has 0 saturated heterocycles. The molecule has 0 aliphatic carbocycles. The average molecular weight is 304 g/mol. The number of carbonyl (C=O) groups excluding carboxylic acids is 1. The first kappa shape index (κ1) is 14.9. The van der Waals surface area contributed by atoms with Gasteiger partial charge in [0.2, 0.25) is 0 Å². The Kier molecular flexibility index (Phi) is 4.11. The van der Waals surface area contributed by atoms with Crippen molar-refractivity contribution in [3.8, 4) is 17.2 Å². The van der Waals surface area contributed by atoms with Crippen molar-refractivity contribution in [1.82, 2.24) is 0 Å². The number of esters is 1. The van der Waals surface area contributed by atoms with Crippen LogP contribution < -0.4 is 9.47 Å². The van der Waals surface area contributed by atoms with Crippen LogP contribution in [0.3, 0.4) is 0 Å². The van der Waals surface area contributed by atoms with Crippen molar-refractivity contribution in [2.45, 2.75) is 6.92 Å². The van der Waals surface area contributed by atoms with Gasteiger partial charge in [-0.15, -0.1) is 0 Å². The molecular weight excluding hydrogens is 288 g/mol. The Labute approximate surface area is 134 Å². The summed E-state index contributed by atoms with van der Waals surface area (Å²) in [6.45, 7) is 5.11. The second-order valence-corrected chi connectivity index (χ2v) is 5.05. The van der Waals surface area contributed by atoms with E-state index in [0.717, 1.165) is 10.8 Å². The summed E-state index contributed by atoms with van der Waals surface area (Å²) in [5, 5.41) is 2.08. The first-order valence-corrected chi connectivity index (χ1v) is 7.28. The fourth-order valence-corrected chi connectivity index (χ4v) is 2.43. The van der Waals surface area contributed by atoms with Crippen LogP contribution in [-0.2, 0) is 4.79 Å². The van der Waals surface area contributed by atoms with Crippen molar-refractivity contribution < 1.29 is 14.3 Å². The molecule has 0 spiro atoms. The number of ether oxygens (including phenoxy) is 2. The summed E-state index contributed by atoms with van der Waals surface area (Å²) in [6.07, 6.45) is 1.63. The van der Waals surface area contributed by atoms with E-state index in [4.69, 9.17) is 9.47 Å². The van der Waals surface area contributed by atoms with Crippen molar-refractivity contribution in [3.63, 3.8) is 0 Å². The van der Waals surface area contributed by atoms with Crippen LogP contribution in [0.5, 0.6) is 17.2 Å². The molecule has 0 aliphatic heterocycles. The fourth-order valence-electron chi connectivity index (χ4n) is 2.43. The van der Waals surface area contributed by atoms with Gasteiger partial charge in [-0.2, -0.15) is 0 Å². The van der Waals surface area contributed by atoms with Crippen LogP contribution in [0.25, 0.3) is 16.8 Å². The molecule has 114 valence electrons. The average Bonchev–Trinajstić information content (AvgIpc) is 2.56. The van der Waals surface area contributed by atoms with E-state index < -0.39 is 5.97 Å². The number of rotatable bonds is 4. The number of para-hydroxylation sites is 1. The molecule has 0 unspecified atom stereocenters. The van der Waals surface area contributed by atoms with Crippen molar-refractivity contribution in [2.75, 3.05) is 0 Å². The number of carbonyl (C=O) groups is 1.